The summed E-state index contributed by atoms with van der Waals surface area (Å²) in [5.41, 5.74) is 7.00. The first kappa shape index (κ1) is 9.55. The molecule has 2 rings (SSSR count). The van der Waals surface area contributed by atoms with E-state index in [0.717, 1.165) is 31.7 Å². The van der Waals surface area contributed by atoms with Crippen LogP contribution in [0.5, 0.6) is 0 Å². The molecule has 1 aromatic heterocycles. The molecule has 76 valence electrons. The Bertz CT molecular complexity index is 272. The Morgan fingerprint density at radius 1 is 1.36 bits per heavy atom. The van der Waals surface area contributed by atoms with Crippen molar-refractivity contribution in [1.29, 1.82) is 0 Å². The van der Waals surface area contributed by atoms with Crippen LogP contribution in [0.15, 0.2) is 18.6 Å². The SMILES string of the molecule is NC(c1cnccn1)C1CCOCC1. The van der Waals surface area contributed by atoms with Crippen molar-refractivity contribution >= 4 is 0 Å². The monoisotopic (exact) mass is 193 g/mol. The Hall–Kier alpha value is -1.00. The zero-order valence-corrected chi connectivity index (χ0v) is 8.10. The molecule has 4 heteroatoms. The van der Waals surface area contributed by atoms with Crippen molar-refractivity contribution in [3.8, 4) is 0 Å². The predicted molar refractivity (Wildman–Crippen MR) is 52.5 cm³/mol. The smallest absolute Gasteiger partial charge is 0.0756 e. The van der Waals surface area contributed by atoms with Gasteiger partial charge in [-0.1, -0.05) is 0 Å². The first-order chi connectivity index (χ1) is 6.88. The van der Waals surface area contributed by atoms with Gasteiger partial charge in [-0.25, -0.2) is 0 Å². The molecule has 1 aliphatic rings. The van der Waals surface area contributed by atoms with Gasteiger partial charge in [-0.2, -0.15) is 0 Å². The lowest BCUT2D eigenvalue weighted by Crippen LogP contribution is -2.28. The number of nitrogens with zero attached hydrogens (tertiary/aromatic N) is 2. The van der Waals surface area contributed by atoms with Gasteiger partial charge in [-0.3, -0.25) is 9.97 Å². The molecule has 0 saturated carbocycles. The molecule has 14 heavy (non-hydrogen) atoms. The van der Waals surface area contributed by atoms with Crippen molar-refractivity contribution in [2.45, 2.75) is 18.9 Å². The molecule has 0 aromatic carbocycles. The van der Waals surface area contributed by atoms with Crippen LogP contribution in [0.4, 0.5) is 0 Å². The van der Waals surface area contributed by atoms with Crippen LogP contribution < -0.4 is 5.73 Å². The fourth-order valence-corrected chi connectivity index (χ4v) is 1.80. The summed E-state index contributed by atoms with van der Waals surface area (Å²) in [4.78, 5) is 8.25. The molecule has 0 aliphatic carbocycles. The lowest BCUT2D eigenvalue weighted by atomic mass is 9.90. The van der Waals surface area contributed by atoms with Crippen molar-refractivity contribution in [2.24, 2.45) is 11.7 Å². The van der Waals surface area contributed by atoms with Gasteiger partial charge < -0.3 is 10.5 Å². The van der Waals surface area contributed by atoms with E-state index in [2.05, 4.69) is 9.97 Å². The lowest BCUT2D eigenvalue weighted by molar-refractivity contribution is 0.0579. The largest absolute Gasteiger partial charge is 0.381 e. The van der Waals surface area contributed by atoms with Gasteiger partial charge >= 0.3 is 0 Å². The fraction of sp³-hybridized carbons (Fsp3) is 0.600. The molecule has 0 radical (unpaired) electrons. The molecular weight excluding hydrogens is 178 g/mol. The highest BCUT2D eigenvalue weighted by Crippen LogP contribution is 2.26. The quantitative estimate of drug-likeness (QED) is 0.758. The highest BCUT2D eigenvalue weighted by molar-refractivity contribution is 5.03. The first-order valence-electron chi connectivity index (χ1n) is 4.97. The minimum Gasteiger partial charge on any atom is -0.381 e. The molecule has 1 aliphatic heterocycles. The number of ether oxygens (including phenoxy) is 1. The Balaban J connectivity index is 2.03. The molecule has 1 atom stereocenters. The van der Waals surface area contributed by atoms with Crippen molar-refractivity contribution in [3.63, 3.8) is 0 Å². The van der Waals surface area contributed by atoms with E-state index in [0.29, 0.717) is 5.92 Å². The van der Waals surface area contributed by atoms with Gasteiger partial charge in [0.2, 0.25) is 0 Å². The molecule has 1 fully saturated rings. The van der Waals surface area contributed by atoms with Crippen LogP contribution in [0.2, 0.25) is 0 Å². The standard InChI is InChI=1S/C10H15N3O/c11-10(8-1-5-14-6-2-8)9-7-12-3-4-13-9/h3-4,7-8,10H,1-2,5-6,11H2. The highest BCUT2D eigenvalue weighted by atomic mass is 16.5. The minimum atomic E-state index is 0.00704. The van der Waals surface area contributed by atoms with Gasteiger partial charge in [0.05, 0.1) is 11.7 Å². The van der Waals surface area contributed by atoms with Gasteiger partial charge in [0, 0.05) is 31.8 Å². The topological polar surface area (TPSA) is 61.0 Å². The summed E-state index contributed by atoms with van der Waals surface area (Å²) in [5.74, 6) is 0.487. The van der Waals surface area contributed by atoms with E-state index in [1.165, 1.54) is 0 Å². The van der Waals surface area contributed by atoms with Crippen LogP contribution in [-0.4, -0.2) is 23.2 Å². The number of hydrogen-bond acceptors (Lipinski definition) is 4. The van der Waals surface area contributed by atoms with Crippen LogP contribution in [0, 0.1) is 5.92 Å². The molecule has 1 aromatic rings. The number of aromatic nitrogens is 2. The fourth-order valence-electron chi connectivity index (χ4n) is 1.80. The number of hydrogen-bond donors (Lipinski definition) is 1. The number of nitrogens with two attached hydrogens (primary N) is 1. The Morgan fingerprint density at radius 2 is 2.14 bits per heavy atom. The zero-order chi connectivity index (χ0) is 9.80. The predicted octanol–water partition coefficient (Wildman–Crippen LogP) is 0.903. The van der Waals surface area contributed by atoms with E-state index >= 15 is 0 Å². The van der Waals surface area contributed by atoms with Crippen LogP contribution in [0.3, 0.4) is 0 Å². The third-order valence-electron chi connectivity index (χ3n) is 2.70. The molecule has 1 saturated heterocycles. The van der Waals surface area contributed by atoms with Gasteiger partial charge in [-0.05, 0) is 18.8 Å². The second-order valence-corrected chi connectivity index (χ2v) is 3.61. The summed E-state index contributed by atoms with van der Waals surface area (Å²) in [6.07, 6.45) is 7.16. The third kappa shape index (κ3) is 2.08. The second-order valence-electron chi connectivity index (χ2n) is 3.61. The minimum absolute atomic E-state index is 0.00704. The Kier molecular flexibility index (Phi) is 3.06. The second kappa shape index (κ2) is 4.48. The Morgan fingerprint density at radius 3 is 2.79 bits per heavy atom. The van der Waals surface area contributed by atoms with Crippen molar-refractivity contribution in [1.82, 2.24) is 9.97 Å². The summed E-state index contributed by atoms with van der Waals surface area (Å²) < 4.78 is 5.29. The van der Waals surface area contributed by atoms with Gasteiger partial charge in [-0.15, -0.1) is 0 Å². The average molecular weight is 193 g/mol. The summed E-state index contributed by atoms with van der Waals surface area (Å²) in [5, 5.41) is 0. The maximum Gasteiger partial charge on any atom is 0.0756 e. The lowest BCUT2D eigenvalue weighted by Gasteiger charge is -2.26. The zero-order valence-electron chi connectivity index (χ0n) is 8.10. The normalized spacial score (nSPS) is 20.6. The van der Waals surface area contributed by atoms with Crippen molar-refractivity contribution in [3.05, 3.63) is 24.3 Å². The molecule has 0 amide bonds. The molecule has 1 unspecified atom stereocenters. The van der Waals surface area contributed by atoms with Gasteiger partial charge in [0.25, 0.3) is 0 Å². The summed E-state index contributed by atoms with van der Waals surface area (Å²) in [6, 6.07) is 0.00704. The van der Waals surface area contributed by atoms with Crippen molar-refractivity contribution in [2.75, 3.05) is 13.2 Å². The van der Waals surface area contributed by atoms with Crippen LogP contribution >= 0.6 is 0 Å². The van der Waals surface area contributed by atoms with Gasteiger partial charge in [0.1, 0.15) is 0 Å². The van der Waals surface area contributed by atoms with Crippen LogP contribution in [0.1, 0.15) is 24.6 Å². The van der Waals surface area contributed by atoms with Crippen LogP contribution in [0.25, 0.3) is 0 Å². The summed E-state index contributed by atoms with van der Waals surface area (Å²) in [6.45, 7) is 1.64. The average Bonchev–Trinajstić information content (AvgIpc) is 2.30. The van der Waals surface area contributed by atoms with E-state index in [1.807, 2.05) is 0 Å². The third-order valence-corrected chi connectivity index (χ3v) is 2.70. The van der Waals surface area contributed by atoms with E-state index in [-0.39, 0.29) is 6.04 Å². The summed E-state index contributed by atoms with van der Waals surface area (Å²) in [7, 11) is 0. The van der Waals surface area contributed by atoms with E-state index in [9.17, 15) is 0 Å². The molecular formula is C10H15N3O. The maximum absolute atomic E-state index is 6.11. The highest BCUT2D eigenvalue weighted by Gasteiger charge is 2.22. The molecule has 2 heterocycles. The number of rotatable bonds is 2. The van der Waals surface area contributed by atoms with E-state index in [4.69, 9.17) is 10.5 Å². The first-order valence-corrected chi connectivity index (χ1v) is 4.97. The maximum atomic E-state index is 6.11. The molecule has 4 nitrogen and oxygen atoms in total. The van der Waals surface area contributed by atoms with Crippen molar-refractivity contribution < 1.29 is 4.74 Å². The van der Waals surface area contributed by atoms with Gasteiger partial charge in [0.15, 0.2) is 0 Å². The Labute approximate surface area is 83.5 Å². The molecule has 2 N–H and O–H groups in total. The van der Waals surface area contributed by atoms with E-state index in [1.54, 1.807) is 18.6 Å². The van der Waals surface area contributed by atoms with E-state index < -0.39 is 0 Å². The summed E-state index contributed by atoms with van der Waals surface area (Å²) >= 11 is 0. The molecule has 0 spiro atoms. The molecule has 0 bridgehead atoms. The van der Waals surface area contributed by atoms with Crippen LogP contribution in [-0.2, 0) is 4.74 Å².